The molecule has 0 saturated heterocycles. The molecule has 21 heavy (non-hydrogen) atoms. The third kappa shape index (κ3) is 3.79. The van der Waals surface area contributed by atoms with Crippen LogP contribution in [0, 0.1) is 0 Å². The second kappa shape index (κ2) is 6.82. The maximum atomic E-state index is 6.34. The number of thiophene rings is 1. The molecular weight excluding hydrogens is 302 g/mol. The summed E-state index contributed by atoms with van der Waals surface area (Å²) in [5.74, 6) is 0.964. The minimum atomic E-state index is 0.139. The molecule has 4 heteroatoms. The lowest BCUT2D eigenvalue weighted by molar-refractivity contribution is 0.302. The highest BCUT2D eigenvalue weighted by Crippen LogP contribution is 2.35. The predicted octanol–water partition coefficient (Wildman–Crippen LogP) is 5.03. The Morgan fingerprint density at radius 1 is 1.38 bits per heavy atom. The van der Waals surface area contributed by atoms with Crippen molar-refractivity contribution in [3.05, 3.63) is 51.2 Å². The summed E-state index contributed by atoms with van der Waals surface area (Å²) >= 11 is 8.04. The van der Waals surface area contributed by atoms with E-state index in [-0.39, 0.29) is 6.04 Å². The zero-order valence-corrected chi connectivity index (χ0v) is 13.7. The maximum absolute atomic E-state index is 6.34. The summed E-state index contributed by atoms with van der Waals surface area (Å²) in [7, 11) is 0. The van der Waals surface area contributed by atoms with E-state index in [1.54, 1.807) is 11.3 Å². The van der Waals surface area contributed by atoms with Crippen LogP contribution in [0.4, 0.5) is 0 Å². The lowest BCUT2D eigenvalue weighted by atomic mass is 10.0. The zero-order valence-electron chi connectivity index (χ0n) is 12.1. The minimum absolute atomic E-state index is 0.139. The average Bonchev–Trinajstić information content (AvgIpc) is 3.20. The van der Waals surface area contributed by atoms with Crippen molar-refractivity contribution >= 4 is 22.9 Å². The van der Waals surface area contributed by atoms with Crippen molar-refractivity contribution in [2.45, 2.75) is 38.3 Å². The fraction of sp³-hybridized carbons (Fsp3) is 0.412. The number of benzene rings is 1. The zero-order chi connectivity index (χ0) is 14.7. The Morgan fingerprint density at radius 2 is 2.24 bits per heavy atom. The van der Waals surface area contributed by atoms with Gasteiger partial charge >= 0.3 is 0 Å². The molecule has 3 rings (SSSR count). The quantitative estimate of drug-likeness (QED) is 0.772. The van der Waals surface area contributed by atoms with Gasteiger partial charge in [-0.15, -0.1) is 11.3 Å². The maximum Gasteiger partial charge on any atom is 0.120 e. The summed E-state index contributed by atoms with van der Waals surface area (Å²) in [6.07, 6.45) is 3.88. The van der Waals surface area contributed by atoms with E-state index in [9.17, 15) is 0 Å². The Balaban J connectivity index is 1.86. The molecule has 1 heterocycles. The van der Waals surface area contributed by atoms with Crippen LogP contribution in [0.5, 0.6) is 5.75 Å². The third-order valence-corrected chi connectivity index (χ3v) is 4.95. The first kappa shape index (κ1) is 14.9. The standard InChI is InChI=1S/C17H20ClNOS/c1-2-9-19-16(17-15(18)8-10-21-17)12-4-3-5-14(11-12)20-13-6-7-13/h3-5,8,10-11,13,16,19H,2,6-7,9H2,1H3. The lowest BCUT2D eigenvalue weighted by Crippen LogP contribution is -2.22. The molecule has 1 saturated carbocycles. The van der Waals surface area contributed by atoms with Crippen LogP contribution in [-0.2, 0) is 0 Å². The Bertz CT molecular complexity index is 594. The molecule has 2 aromatic rings. The largest absolute Gasteiger partial charge is 0.490 e. The lowest BCUT2D eigenvalue weighted by Gasteiger charge is -2.19. The predicted molar refractivity (Wildman–Crippen MR) is 89.6 cm³/mol. The summed E-state index contributed by atoms with van der Waals surface area (Å²) < 4.78 is 5.91. The van der Waals surface area contributed by atoms with E-state index in [2.05, 4.69) is 30.4 Å². The monoisotopic (exact) mass is 321 g/mol. The Kier molecular flexibility index (Phi) is 4.84. The number of rotatable bonds is 7. The molecule has 1 aromatic carbocycles. The molecule has 2 nitrogen and oxygen atoms in total. The molecule has 0 bridgehead atoms. The van der Waals surface area contributed by atoms with Gasteiger partial charge in [-0.25, -0.2) is 0 Å². The molecule has 1 aliphatic carbocycles. The van der Waals surface area contributed by atoms with Gasteiger partial charge in [0.2, 0.25) is 0 Å². The number of nitrogens with one attached hydrogen (secondary N) is 1. The van der Waals surface area contributed by atoms with Crippen molar-refractivity contribution in [3.63, 3.8) is 0 Å². The van der Waals surface area contributed by atoms with Crippen LogP contribution >= 0.6 is 22.9 Å². The average molecular weight is 322 g/mol. The van der Waals surface area contributed by atoms with Gasteiger partial charge in [0.15, 0.2) is 0 Å². The number of ether oxygens (including phenoxy) is 1. The highest BCUT2D eigenvalue weighted by molar-refractivity contribution is 7.10. The third-order valence-electron chi connectivity index (χ3n) is 3.52. The fourth-order valence-electron chi connectivity index (χ4n) is 2.31. The van der Waals surface area contributed by atoms with E-state index in [0.717, 1.165) is 23.7 Å². The van der Waals surface area contributed by atoms with Gasteiger partial charge in [-0.3, -0.25) is 0 Å². The van der Waals surface area contributed by atoms with Crippen LogP contribution in [0.15, 0.2) is 35.7 Å². The van der Waals surface area contributed by atoms with Crippen LogP contribution in [0.3, 0.4) is 0 Å². The van der Waals surface area contributed by atoms with Crippen molar-refractivity contribution in [3.8, 4) is 5.75 Å². The Morgan fingerprint density at radius 3 is 2.90 bits per heavy atom. The van der Waals surface area contributed by atoms with E-state index in [1.807, 2.05) is 17.5 Å². The molecule has 1 atom stereocenters. The summed E-state index contributed by atoms with van der Waals surface area (Å²) in [6, 6.07) is 10.5. The van der Waals surface area contributed by atoms with Gasteiger partial charge in [-0.1, -0.05) is 30.7 Å². The van der Waals surface area contributed by atoms with Crippen molar-refractivity contribution < 1.29 is 4.74 Å². The molecule has 1 unspecified atom stereocenters. The molecule has 0 radical (unpaired) electrons. The molecule has 1 fully saturated rings. The van der Waals surface area contributed by atoms with Gasteiger partial charge in [0, 0.05) is 4.88 Å². The number of hydrogen-bond donors (Lipinski definition) is 1. The SMILES string of the molecule is CCCNC(c1cccc(OC2CC2)c1)c1sccc1Cl. The van der Waals surface area contributed by atoms with Gasteiger partial charge in [0.1, 0.15) is 5.75 Å². The topological polar surface area (TPSA) is 21.3 Å². The first-order chi connectivity index (χ1) is 10.3. The van der Waals surface area contributed by atoms with Crippen LogP contribution in [0.1, 0.15) is 42.7 Å². The Labute approximate surface area is 135 Å². The highest BCUT2D eigenvalue weighted by Gasteiger charge is 2.24. The second-order valence-electron chi connectivity index (χ2n) is 5.41. The molecule has 1 N–H and O–H groups in total. The van der Waals surface area contributed by atoms with Gasteiger partial charge in [0.25, 0.3) is 0 Å². The summed E-state index contributed by atoms with van der Waals surface area (Å²) in [5.41, 5.74) is 1.21. The molecular formula is C17H20ClNOS. The van der Waals surface area contributed by atoms with Crippen molar-refractivity contribution in [2.24, 2.45) is 0 Å². The molecule has 0 amide bonds. The molecule has 0 aliphatic heterocycles. The molecule has 0 spiro atoms. The second-order valence-corrected chi connectivity index (χ2v) is 6.76. The van der Waals surface area contributed by atoms with Crippen molar-refractivity contribution in [1.82, 2.24) is 5.32 Å². The summed E-state index contributed by atoms with van der Waals surface area (Å²) in [6.45, 7) is 3.14. The number of halogens is 1. The summed E-state index contributed by atoms with van der Waals surface area (Å²) in [4.78, 5) is 1.17. The number of hydrogen-bond acceptors (Lipinski definition) is 3. The molecule has 1 aromatic heterocycles. The smallest absolute Gasteiger partial charge is 0.120 e. The van der Waals surface area contributed by atoms with Crippen LogP contribution in [0.2, 0.25) is 5.02 Å². The molecule has 1 aliphatic rings. The fourth-order valence-corrected chi connectivity index (χ4v) is 3.58. The Hall–Kier alpha value is -1.03. The van der Waals surface area contributed by atoms with Gasteiger partial charge < -0.3 is 10.1 Å². The minimum Gasteiger partial charge on any atom is -0.490 e. The first-order valence-electron chi connectivity index (χ1n) is 7.51. The first-order valence-corrected chi connectivity index (χ1v) is 8.76. The summed E-state index contributed by atoms with van der Waals surface area (Å²) in [5, 5.41) is 6.48. The highest BCUT2D eigenvalue weighted by atomic mass is 35.5. The van der Waals surface area contributed by atoms with Crippen LogP contribution in [0.25, 0.3) is 0 Å². The van der Waals surface area contributed by atoms with Crippen LogP contribution < -0.4 is 10.1 Å². The normalized spacial score (nSPS) is 15.9. The van der Waals surface area contributed by atoms with Crippen molar-refractivity contribution in [2.75, 3.05) is 6.54 Å². The molecule has 112 valence electrons. The van der Waals surface area contributed by atoms with Gasteiger partial charge in [-0.05, 0) is 54.9 Å². The van der Waals surface area contributed by atoms with Gasteiger partial charge in [-0.2, -0.15) is 0 Å². The van der Waals surface area contributed by atoms with E-state index < -0.39 is 0 Å². The van der Waals surface area contributed by atoms with Crippen molar-refractivity contribution in [1.29, 1.82) is 0 Å². The van der Waals surface area contributed by atoms with E-state index in [0.29, 0.717) is 6.10 Å². The van der Waals surface area contributed by atoms with E-state index >= 15 is 0 Å². The van der Waals surface area contributed by atoms with E-state index in [4.69, 9.17) is 16.3 Å². The van der Waals surface area contributed by atoms with Crippen LogP contribution in [-0.4, -0.2) is 12.6 Å². The van der Waals surface area contributed by atoms with Gasteiger partial charge in [0.05, 0.1) is 17.2 Å². The van der Waals surface area contributed by atoms with E-state index in [1.165, 1.54) is 23.3 Å².